The van der Waals surface area contributed by atoms with Crippen molar-refractivity contribution < 1.29 is 4.79 Å². The molecule has 0 bridgehead atoms. The van der Waals surface area contributed by atoms with E-state index in [9.17, 15) is 4.79 Å². The molecule has 0 radical (unpaired) electrons. The van der Waals surface area contributed by atoms with Crippen LogP contribution in [0, 0.1) is 12.8 Å². The molecule has 8 nitrogen and oxygen atoms in total. The Labute approximate surface area is 213 Å². The smallest absolute Gasteiger partial charge is 0.224 e. The Morgan fingerprint density at radius 1 is 1.03 bits per heavy atom. The number of aromatic amines is 2. The maximum Gasteiger partial charge on any atom is 0.224 e. The van der Waals surface area contributed by atoms with Crippen LogP contribution < -0.4 is 5.32 Å². The molecule has 2 aromatic carbocycles. The Morgan fingerprint density at radius 3 is 2.73 bits per heavy atom. The molecule has 6 rings (SSSR count). The van der Waals surface area contributed by atoms with Gasteiger partial charge in [-0.2, -0.15) is 5.10 Å². The number of carbonyl (C=O) groups excluding carboxylic acids is 1. The lowest BCUT2D eigenvalue weighted by molar-refractivity contribution is -0.116. The van der Waals surface area contributed by atoms with E-state index < -0.39 is 0 Å². The first-order chi connectivity index (χ1) is 17.9. The van der Waals surface area contributed by atoms with Gasteiger partial charge in [0, 0.05) is 40.7 Å². The molecule has 0 saturated heterocycles. The highest BCUT2D eigenvalue weighted by molar-refractivity contribution is 5.99. The molecule has 8 heteroatoms. The lowest BCUT2D eigenvalue weighted by atomic mass is 10.0. The number of imidazole rings is 1. The molecule has 184 valence electrons. The number of pyridine rings is 1. The third kappa shape index (κ3) is 4.38. The van der Waals surface area contributed by atoms with E-state index in [1.807, 2.05) is 62.1 Å². The van der Waals surface area contributed by atoms with Gasteiger partial charge < -0.3 is 14.9 Å². The second kappa shape index (κ2) is 9.05. The van der Waals surface area contributed by atoms with Crippen LogP contribution in [0.1, 0.15) is 26.0 Å². The minimum Gasteiger partial charge on any atom is -0.353 e. The summed E-state index contributed by atoms with van der Waals surface area (Å²) in [5.74, 6) is 0.286. The fourth-order valence-corrected chi connectivity index (χ4v) is 4.69. The zero-order chi connectivity index (χ0) is 25.5. The van der Waals surface area contributed by atoms with E-state index >= 15 is 0 Å². The van der Waals surface area contributed by atoms with Crippen molar-refractivity contribution in [3.05, 3.63) is 79.1 Å². The van der Waals surface area contributed by atoms with Gasteiger partial charge in [0.2, 0.25) is 5.91 Å². The van der Waals surface area contributed by atoms with Crippen LogP contribution in [-0.2, 0) is 4.79 Å². The second-order valence-corrected chi connectivity index (χ2v) is 9.78. The van der Waals surface area contributed by atoms with Gasteiger partial charge in [0.25, 0.3) is 0 Å². The fourth-order valence-electron chi connectivity index (χ4n) is 4.69. The van der Waals surface area contributed by atoms with Gasteiger partial charge in [-0.1, -0.05) is 26.0 Å². The number of nitrogens with one attached hydrogen (secondary N) is 3. The minimum atomic E-state index is -0.00874. The van der Waals surface area contributed by atoms with E-state index in [1.165, 1.54) is 0 Å². The number of hydrogen-bond donors (Lipinski definition) is 3. The number of nitrogens with zero attached hydrogens (tertiary/aromatic N) is 4. The number of H-pyrrole nitrogens is 2. The number of rotatable bonds is 6. The van der Waals surface area contributed by atoms with Crippen molar-refractivity contribution in [1.82, 2.24) is 29.7 Å². The summed E-state index contributed by atoms with van der Waals surface area (Å²) in [6.45, 7) is 6.04. The number of aromatic nitrogens is 6. The average Bonchev–Trinajstić information content (AvgIpc) is 3.60. The number of fused-ring (bicyclic) bond motifs is 2. The Hall–Kier alpha value is -4.72. The van der Waals surface area contributed by atoms with Crippen LogP contribution in [0.15, 0.2) is 73.4 Å². The highest BCUT2D eigenvalue weighted by Gasteiger charge is 2.15. The number of aryl methyl sites for hydroxylation is 1. The van der Waals surface area contributed by atoms with Crippen molar-refractivity contribution in [2.24, 2.45) is 5.92 Å². The maximum atomic E-state index is 12.2. The Kier molecular flexibility index (Phi) is 5.56. The first-order valence-corrected chi connectivity index (χ1v) is 12.3. The summed E-state index contributed by atoms with van der Waals surface area (Å²) >= 11 is 0. The second-order valence-electron chi connectivity index (χ2n) is 9.78. The largest absolute Gasteiger partial charge is 0.353 e. The predicted molar refractivity (Wildman–Crippen MR) is 147 cm³/mol. The van der Waals surface area contributed by atoms with Crippen LogP contribution in [0.5, 0.6) is 0 Å². The molecule has 0 spiro atoms. The van der Waals surface area contributed by atoms with Crippen molar-refractivity contribution in [3.8, 4) is 28.2 Å². The Bertz CT molecular complexity index is 1750. The predicted octanol–water partition coefficient (Wildman–Crippen LogP) is 6.25. The zero-order valence-electron chi connectivity index (χ0n) is 20.9. The van der Waals surface area contributed by atoms with Crippen molar-refractivity contribution in [3.63, 3.8) is 0 Å². The molecule has 37 heavy (non-hydrogen) atoms. The van der Waals surface area contributed by atoms with Gasteiger partial charge in [0.05, 0.1) is 40.8 Å². The lowest BCUT2D eigenvalue weighted by Gasteiger charge is -2.09. The molecule has 3 N–H and O–H groups in total. The summed E-state index contributed by atoms with van der Waals surface area (Å²) in [5, 5.41) is 12.8. The molecule has 6 aromatic rings. The molecule has 0 saturated carbocycles. The van der Waals surface area contributed by atoms with Gasteiger partial charge in [-0.3, -0.25) is 14.9 Å². The van der Waals surface area contributed by atoms with Crippen molar-refractivity contribution in [1.29, 1.82) is 0 Å². The number of hydrogen-bond acceptors (Lipinski definition) is 4. The molecule has 0 aliphatic rings. The molecule has 0 unspecified atom stereocenters. The number of amides is 1. The summed E-state index contributed by atoms with van der Waals surface area (Å²) in [6, 6.07) is 16.4. The van der Waals surface area contributed by atoms with Crippen LogP contribution in [-0.4, -0.2) is 35.6 Å². The summed E-state index contributed by atoms with van der Waals surface area (Å²) in [6.07, 6.45) is 7.81. The molecule has 0 aliphatic carbocycles. The van der Waals surface area contributed by atoms with Crippen LogP contribution in [0.25, 0.3) is 50.0 Å². The van der Waals surface area contributed by atoms with Crippen molar-refractivity contribution in [2.75, 3.05) is 5.32 Å². The molecular weight excluding hydrogens is 462 g/mol. The standard InChI is InChI=1S/C29H27N7O/c1-17(2)9-28(37)32-21-10-20(13-30-14-21)19-7-8-25-23(11-19)29(35-34-25)26-12-22-24(33-26)5-4-6-27(22)36-15-18(3)31-16-36/h4-8,10-17,33H,9H2,1-3H3,(H,32,37)(H,34,35). The number of anilines is 1. The van der Waals surface area contributed by atoms with E-state index in [-0.39, 0.29) is 5.91 Å². The molecular formula is C29H27N7O. The van der Waals surface area contributed by atoms with E-state index in [0.717, 1.165) is 55.7 Å². The molecule has 0 fully saturated rings. The molecule has 0 aliphatic heterocycles. The fraction of sp³-hybridized carbons (Fsp3) is 0.172. The van der Waals surface area contributed by atoms with E-state index in [4.69, 9.17) is 0 Å². The maximum absolute atomic E-state index is 12.2. The van der Waals surface area contributed by atoms with E-state index in [1.54, 1.807) is 12.4 Å². The highest BCUT2D eigenvalue weighted by atomic mass is 16.1. The third-order valence-corrected chi connectivity index (χ3v) is 6.40. The molecule has 4 aromatic heterocycles. The van der Waals surface area contributed by atoms with E-state index in [2.05, 4.69) is 54.7 Å². The third-order valence-electron chi connectivity index (χ3n) is 6.40. The molecule has 0 atom stereocenters. The first kappa shape index (κ1) is 22.7. The summed E-state index contributed by atoms with van der Waals surface area (Å²) in [7, 11) is 0. The SMILES string of the molecule is Cc1cn(-c2cccc3[nH]c(-c4n[nH]c5ccc(-c6cncc(NC(=O)CC(C)C)c6)cc45)cc23)cn1. The quantitative estimate of drug-likeness (QED) is 0.257. The van der Waals surface area contributed by atoms with Crippen LogP contribution in [0.2, 0.25) is 0 Å². The molecule has 4 heterocycles. The molecule has 1 amide bonds. The van der Waals surface area contributed by atoms with Gasteiger partial charge in [-0.25, -0.2) is 4.98 Å². The Balaban J connectivity index is 1.38. The monoisotopic (exact) mass is 489 g/mol. The van der Waals surface area contributed by atoms with Gasteiger partial charge in [0.15, 0.2) is 0 Å². The topological polar surface area (TPSA) is 104 Å². The first-order valence-electron chi connectivity index (χ1n) is 12.3. The summed E-state index contributed by atoms with van der Waals surface area (Å²) < 4.78 is 2.04. The highest BCUT2D eigenvalue weighted by Crippen LogP contribution is 2.33. The minimum absolute atomic E-state index is 0.00874. The van der Waals surface area contributed by atoms with E-state index in [0.29, 0.717) is 18.0 Å². The number of benzene rings is 2. The van der Waals surface area contributed by atoms with Crippen LogP contribution in [0.4, 0.5) is 5.69 Å². The van der Waals surface area contributed by atoms with Crippen LogP contribution in [0.3, 0.4) is 0 Å². The van der Waals surface area contributed by atoms with Crippen molar-refractivity contribution in [2.45, 2.75) is 27.2 Å². The Morgan fingerprint density at radius 2 is 1.92 bits per heavy atom. The normalized spacial score (nSPS) is 11.6. The summed E-state index contributed by atoms with van der Waals surface area (Å²) in [4.78, 5) is 24.5. The lowest BCUT2D eigenvalue weighted by Crippen LogP contribution is -2.13. The van der Waals surface area contributed by atoms with Gasteiger partial charge >= 0.3 is 0 Å². The number of carbonyl (C=O) groups is 1. The summed E-state index contributed by atoms with van der Waals surface area (Å²) in [5.41, 5.74) is 8.37. The van der Waals surface area contributed by atoms with Gasteiger partial charge in [-0.15, -0.1) is 0 Å². The average molecular weight is 490 g/mol. The van der Waals surface area contributed by atoms with Crippen molar-refractivity contribution >= 4 is 33.4 Å². The zero-order valence-corrected chi connectivity index (χ0v) is 20.9. The van der Waals surface area contributed by atoms with Gasteiger partial charge in [-0.05, 0) is 54.8 Å². The van der Waals surface area contributed by atoms with Gasteiger partial charge in [0.1, 0.15) is 5.69 Å². The van der Waals surface area contributed by atoms with Crippen LogP contribution >= 0.6 is 0 Å².